The molecule has 0 aliphatic heterocycles. The van der Waals surface area contributed by atoms with E-state index < -0.39 is 0 Å². The van der Waals surface area contributed by atoms with Crippen molar-refractivity contribution >= 4 is 0 Å². The maximum atomic E-state index is 13.0. The Morgan fingerprint density at radius 3 is 2.20 bits per heavy atom. The molecule has 0 fully saturated rings. The van der Waals surface area contributed by atoms with Crippen LogP contribution in [0.25, 0.3) is 0 Å². The van der Waals surface area contributed by atoms with Gasteiger partial charge in [0.2, 0.25) is 0 Å². The first-order valence-electron chi connectivity index (χ1n) is 6.47. The van der Waals surface area contributed by atoms with Crippen LogP contribution in [0.15, 0.2) is 48.5 Å². The van der Waals surface area contributed by atoms with Crippen LogP contribution in [0.5, 0.6) is 5.75 Å². The second-order valence-electron chi connectivity index (χ2n) is 4.75. The SMILES string of the molecule is CC(N)C(Oc1ccc(CO)cc1)c1ccc(F)cc1. The van der Waals surface area contributed by atoms with E-state index in [1.165, 1.54) is 12.1 Å². The number of rotatable bonds is 5. The van der Waals surface area contributed by atoms with Crippen molar-refractivity contribution in [2.45, 2.75) is 25.7 Å². The molecule has 0 aliphatic carbocycles. The maximum absolute atomic E-state index is 13.0. The van der Waals surface area contributed by atoms with Crippen LogP contribution in [0.3, 0.4) is 0 Å². The third-order valence-electron chi connectivity index (χ3n) is 3.05. The summed E-state index contributed by atoms with van der Waals surface area (Å²) in [5.74, 6) is 0.373. The molecule has 4 heteroatoms. The highest BCUT2D eigenvalue weighted by Crippen LogP contribution is 2.24. The second kappa shape index (κ2) is 6.50. The minimum atomic E-state index is -0.351. The summed E-state index contributed by atoms with van der Waals surface area (Å²) in [5.41, 5.74) is 7.59. The van der Waals surface area contributed by atoms with Gasteiger partial charge in [0.15, 0.2) is 0 Å². The van der Waals surface area contributed by atoms with Crippen LogP contribution >= 0.6 is 0 Å². The van der Waals surface area contributed by atoms with Gasteiger partial charge in [-0.2, -0.15) is 0 Å². The number of aliphatic hydroxyl groups excluding tert-OH is 1. The quantitative estimate of drug-likeness (QED) is 0.882. The highest BCUT2D eigenvalue weighted by atomic mass is 19.1. The lowest BCUT2D eigenvalue weighted by molar-refractivity contribution is 0.180. The fourth-order valence-electron chi connectivity index (χ4n) is 1.95. The van der Waals surface area contributed by atoms with Gasteiger partial charge in [0.1, 0.15) is 17.7 Å². The van der Waals surface area contributed by atoms with E-state index in [-0.39, 0.29) is 24.6 Å². The lowest BCUT2D eigenvalue weighted by Gasteiger charge is -2.23. The van der Waals surface area contributed by atoms with E-state index in [2.05, 4.69) is 0 Å². The van der Waals surface area contributed by atoms with Crippen molar-refractivity contribution in [3.05, 3.63) is 65.5 Å². The number of hydrogen-bond acceptors (Lipinski definition) is 3. The first-order chi connectivity index (χ1) is 9.60. The van der Waals surface area contributed by atoms with Gasteiger partial charge in [-0.05, 0) is 42.3 Å². The molecular weight excluding hydrogens is 257 g/mol. The van der Waals surface area contributed by atoms with E-state index in [1.54, 1.807) is 36.4 Å². The van der Waals surface area contributed by atoms with Crippen LogP contribution in [0.1, 0.15) is 24.2 Å². The third kappa shape index (κ3) is 3.56. The summed E-state index contributed by atoms with van der Waals surface area (Å²) >= 11 is 0. The molecule has 3 N–H and O–H groups in total. The van der Waals surface area contributed by atoms with Gasteiger partial charge >= 0.3 is 0 Å². The summed E-state index contributed by atoms with van der Waals surface area (Å²) < 4.78 is 18.8. The van der Waals surface area contributed by atoms with E-state index in [9.17, 15) is 4.39 Å². The molecule has 0 spiro atoms. The fraction of sp³-hybridized carbons (Fsp3) is 0.250. The molecule has 0 saturated carbocycles. The lowest BCUT2D eigenvalue weighted by Crippen LogP contribution is -2.29. The normalized spacial score (nSPS) is 13.8. The maximum Gasteiger partial charge on any atom is 0.138 e. The first kappa shape index (κ1) is 14.5. The standard InChI is InChI=1S/C16H18FNO2/c1-11(18)16(13-4-6-14(17)7-5-13)20-15-8-2-12(10-19)3-9-15/h2-9,11,16,19H,10,18H2,1H3. The van der Waals surface area contributed by atoms with Crippen molar-refractivity contribution in [1.82, 2.24) is 0 Å². The van der Waals surface area contributed by atoms with E-state index in [0.717, 1.165) is 11.1 Å². The van der Waals surface area contributed by atoms with Crippen molar-refractivity contribution in [3.8, 4) is 5.75 Å². The molecule has 3 nitrogen and oxygen atoms in total. The van der Waals surface area contributed by atoms with Crippen molar-refractivity contribution in [2.24, 2.45) is 5.73 Å². The van der Waals surface area contributed by atoms with Crippen molar-refractivity contribution < 1.29 is 14.2 Å². The van der Waals surface area contributed by atoms with Gasteiger partial charge in [-0.25, -0.2) is 4.39 Å². The topological polar surface area (TPSA) is 55.5 Å². The van der Waals surface area contributed by atoms with Gasteiger partial charge in [-0.15, -0.1) is 0 Å². The Balaban J connectivity index is 2.18. The summed E-state index contributed by atoms with van der Waals surface area (Å²) in [6, 6.07) is 13.0. The summed E-state index contributed by atoms with van der Waals surface area (Å²) in [4.78, 5) is 0. The number of nitrogens with two attached hydrogens (primary N) is 1. The van der Waals surface area contributed by atoms with E-state index >= 15 is 0 Å². The number of ether oxygens (including phenoxy) is 1. The molecular formula is C16H18FNO2. The van der Waals surface area contributed by atoms with Crippen LogP contribution < -0.4 is 10.5 Å². The Bertz CT molecular complexity index is 537. The number of hydrogen-bond donors (Lipinski definition) is 2. The molecule has 0 heterocycles. The first-order valence-corrected chi connectivity index (χ1v) is 6.47. The molecule has 0 radical (unpaired) electrons. The fourth-order valence-corrected chi connectivity index (χ4v) is 1.95. The zero-order chi connectivity index (χ0) is 14.5. The molecule has 20 heavy (non-hydrogen) atoms. The predicted molar refractivity (Wildman–Crippen MR) is 75.8 cm³/mol. The molecule has 0 saturated heterocycles. The zero-order valence-corrected chi connectivity index (χ0v) is 11.3. The van der Waals surface area contributed by atoms with Gasteiger partial charge in [0.05, 0.1) is 6.61 Å². The Kier molecular flexibility index (Phi) is 4.71. The molecule has 0 amide bonds. The average molecular weight is 275 g/mol. The molecule has 2 aromatic rings. The van der Waals surface area contributed by atoms with Crippen LogP contribution in [-0.4, -0.2) is 11.1 Å². The van der Waals surface area contributed by atoms with E-state index in [1.807, 2.05) is 6.92 Å². The van der Waals surface area contributed by atoms with Crippen molar-refractivity contribution in [1.29, 1.82) is 0 Å². The zero-order valence-electron chi connectivity index (χ0n) is 11.3. The number of halogens is 1. The minimum Gasteiger partial charge on any atom is -0.484 e. The summed E-state index contributed by atoms with van der Waals surface area (Å²) in [7, 11) is 0. The monoisotopic (exact) mass is 275 g/mol. The molecule has 2 unspecified atom stereocenters. The molecule has 2 rings (SSSR count). The number of benzene rings is 2. The Hall–Kier alpha value is -1.91. The van der Waals surface area contributed by atoms with E-state index in [0.29, 0.717) is 5.75 Å². The van der Waals surface area contributed by atoms with Crippen molar-refractivity contribution in [3.63, 3.8) is 0 Å². The highest BCUT2D eigenvalue weighted by molar-refractivity contribution is 5.29. The predicted octanol–water partition coefficient (Wildman–Crippen LogP) is 2.79. The molecule has 106 valence electrons. The van der Waals surface area contributed by atoms with Gasteiger partial charge in [-0.1, -0.05) is 24.3 Å². The highest BCUT2D eigenvalue weighted by Gasteiger charge is 2.18. The Morgan fingerprint density at radius 1 is 1.10 bits per heavy atom. The molecule has 2 aromatic carbocycles. The Morgan fingerprint density at radius 2 is 1.70 bits per heavy atom. The molecule has 0 bridgehead atoms. The third-order valence-corrected chi connectivity index (χ3v) is 3.05. The largest absolute Gasteiger partial charge is 0.484 e. The molecule has 0 aliphatic rings. The van der Waals surface area contributed by atoms with Crippen LogP contribution in [-0.2, 0) is 6.61 Å². The van der Waals surface area contributed by atoms with Gasteiger partial charge < -0.3 is 15.6 Å². The second-order valence-corrected chi connectivity index (χ2v) is 4.75. The van der Waals surface area contributed by atoms with Crippen molar-refractivity contribution in [2.75, 3.05) is 0 Å². The van der Waals surface area contributed by atoms with Crippen LogP contribution in [0.2, 0.25) is 0 Å². The van der Waals surface area contributed by atoms with Gasteiger partial charge in [-0.3, -0.25) is 0 Å². The minimum absolute atomic E-state index is 0.00500. The van der Waals surface area contributed by atoms with Crippen LogP contribution in [0, 0.1) is 5.82 Å². The number of aliphatic hydroxyl groups is 1. The van der Waals surface area contributed by atoms with Crippen LogP contribution in [0.4, 0.5) is 4.39 Å². The lowest BCUT2D eigenvalue weighted by atomic mass is 10.0. The van der Waals surface area contributed by atoms with Gasteiger partial charge in [0.25, 0.3) is 0 Å². The summed E-state index contributed by atoms with van der Waals surface area (Å²) in [6.07, 6.45) is -0.351. The van der Waals surface area contributed by atoms with E-state index in [4.69, 9.17) is 15.6 Å². The molecule has 0 aromatic heterocycles. The Labute approximate surface area is 117 Å². The summed E-state index contributed by atoms with van der Waals surface area (Å²) in [5, 5.41) is 9.01. The van der Waals surface area contributed by atoms with Gasteiger partial charge in [0, 0.05) is 6.04 Å². The smallest absolute Gasteiger partial charge is 0.138 e. The summed E-state index contributed by atoms with van der Waals surface area (Å²) in [6.45, 7) is 1.84. The average Bonchev–Trinajstić information content (AvgIpc) is 2.46. The molecule has 2 atom stereocenters.